The van der Waals surface area contributed by atoms with Crippen LogP contribution < -0.4 is 10.1 Å². The number of halogens is 1. The predicted molar refractivity (Wildman–Crippen MR) is 82.1 cm³/mol. The molecule has 2 rings (SSSR count). The Morgan fingerprint density at radius 2 is 1.81 bits per heavy atom. The molecule has 0 aliphatic carbocycles. The summed E-state index contributed by atoms with van der Waals surface area (Å²) in [5.74, 6) is 0.325. The van der Waals surface area contributed by atoms with Gasteiger partial charge in [0.25, 0.3) is 0 Å². The molecule has 4 heteroatoms. The third-order valence-electron chi connectivity index (χ3n) is 3.38. The lowest BCUT2D eigenvalue weighted by Crippen LogP contribution is -2.36. The van der Waals surface area contributed by atoms with E-state index in [1.54, 1.807) is 18.2 Å². The molecule has 2 N–H and O–H groups in total. The SMILES string of the molecule is CCOc1ccccc1C(C)(CO)Nc1ccccc1F. The molecule has 0 spiro atoms. The summed E-state index contributed by atoms with van der Waals surface area (Å²) in [6.07, 6.45) is 0. The van der Waals surface area contributed by atoms with Gasteiger partial charge in [-0.05, 0) is 32.0 Å². The van der Waals surface area contributed by atoms with Crippen LogP contribution in [0.2, 0.25) is 0 Å². The Bertz CT molecular complexity index is 603. The molecule has 0 radical (unpaired) electrons. The van der Waals surface area contributed by atoms with Crippen molar-refractivity contribution in [3.05, 3.63) is 59.9 Å². The summed E-state index contributed by atoms with van der Waals surface area (Å²) in [7, 11) is 0. The van der Waals surface area contributed by atoms with Crippen molar-refractivity contribution in [2.45, 2.75) is 19.4 Å². The zero-order valence-electron chi connectivity index (χ0n) is 12.3. The number of hydrogen-bond donors (Lipinski definition) is 2. The van der Waals surface area contributed by atoms with Gasteiger partial charge in [-0.25, -0.2) is 4.39 Å². The number of ether oxygens (including phenoxy) is 1. The van der Waals surface area contributed by atoms with Crippen LogP contribution in [0.4, 0.5) is 10.1 Å². The van der Waals surface area contributed by atoms with E-state index >= 15 is 0 Å². The van der Waals surface area contributed by atoms with Gasteiger partial charge < -0.3 is 15.2 Å². The molecule has 0 saturated heterocycles. The second-order valence-electron chi connectivity index (χ2n) is 5.02. The first kappa shape index (κ1) is 15.3. The average Bonchev–Trinajstić information content (AvgIpc) is 2.50. The van der Waals surface area contributed by atoms with Gasteiger partial charge in [-0.3, -0.25) is 0 Å². The quantitative estimate of drug-likeness (QED) is 0.854. The van der Waals surface area contributed by atoms with E-state index in [9.17, 15) is 9.50 Å². The highest BCUT2D eigenvalue weighted by Gasteiger charge is 2.29. The number of benzene rings is 2. The van der Waals surface area contributed by atoms with Crippen molar-refractivity contribution >= 4 is 5.69 Å². The summed E-state index contributed by atoms with van der Waals surface area (Å²) in [5.41, 5.74) is 0.298. The summed E-state index contributed by atoms with van der Waals surface area (Å²) in [4.78, 5) is 0. The van der Waals surface area contributed by atoms with Crippen molar-refractivity contribution in [2.75, 3.05) is 18.5 Å². The molecule has 0 aliphatic rings. The minimum absolute atomic E-state index is 0.189. The maximum atomic E-state index is 13.8. The van der Waals surface area contributed by atoms with Crippen molar-refractivity contribution in [3.63, 3.8) is 0 Å². The first-order chi connectivity index (χ1) is 10.1. The van der Waals surface area contributed by atoms with Crippen LogP contribution in [0.25, 0.3) is 0 Å². The highest BCUT2D eigenvalue weighted by molar-refractivity contribution is 5.51. The fourth-order valence-corrected chi connectivity index (χ4v) is 2.26. The van der Waals surface area contributed by atoms with Crippen LogP contribution in [0.1, 0.15) is 19.4 Å². The molecule has 2 aromatic rings. The fraction of sp³-hybridized carbons (Fsp3) is 0.294. The molecule has 0 bridgehead atoms. The molecule has 0 saturated carbocycles. The van der Waals surface area contributed by atoms with Crippen LogP contribution in [0.5, 0.6) is 5.75 Å². The predicted octanol–water partition coefficient (Wildman–Crippen LogP) is 3.54. The summed E-state index contributed by atoms with van der Waals surface area (Å²) >= 11 is 0. The van der Waals surface area contributed by atoms with Gasteiger partial charge in [-0.2, -0.15) is 0 Å². The second-order valence-corrected chi connectivity index (χ2v) is 5.02. The van der Waals surface area contributed by atoms with Crippen LogP contribution in [0.15, 0.2) is 48.5 Å². The van der Waals surface area contributed by atoms with Gasteiger partial charge in [0, 0.05) is 5.56 Å². The lowest BCUT2D eigenvalue weighted by atomic mass is 9.91. The Morgan fingerprint density at radius 3 is 2.48 bits per heavy atom. The Labute approximate surface area is 124 Å². The Kier molecular flexibility index (Phi) is 4.81. The number of aliphatic hydroxyl groups is 1. The first-order valence-electron chi connectivity index (χ1n) is 6.96. The molecule has 0 aromatic heterocycles. The number of hydrogen-bond acceptors (Lipinski definition) is 3. The third-order valence-corrected chi connectivity index (χ3v) is 3.38. The molecule has 21 heavy (non-hydrogen) atoms. The lowest BCUT2D eigenvalue weighted by molar-refractivity contribution is 0.218. The van der Waals surface area contributed by atoms with Gasteiger partial charge in [0.2, 0.25) is 0 Å². The molecule has 0 aliphatic heterocycles. The van der Waals surface area contributed by atoms with E-state index in [1.165, 1.54) is 6.07 Å². The van der Waals surface area contributed by atoms with Crippen LogP contribution in [0, 0.1) is 5.82 Å². The van der Waals surface area contributed by atoms with E-state index in [2.05, 4.69) is 5.32 Å². The summed E-state index contributed by atoms with van der Waals surface area (Å²) in [6.45, 7) is 4.05. The number of rotatable bonds is 6. The van der Waals surface area contributed by atoms with Gasteiger partial charge in [-0.15, -0.1) is 0 Å². The molecule has 0 fully saturated rings. The van der Waals surface area contributed by atoms with Crippen LogP contribution in [-0.2, 0) is 5.54 Å². The summed E-state index contributed by atoms with van der Waals surface area (Å²) in [5, 5.41) is 12.9. The molecule has 1 atom stereocenters. The van der Waals surface area contributed by atoms with Gasteiger partial charge >= 0.3 is 0 Å². The molecule has 1 unspecified atom stereocenters. The maximum Gasteiger partial charge on any atom is 0.146 e. The standard InChI is InChI=1S/C17H20FNO2/c1-3-21-16-11-7-4-8-13(16)17(2,12-20)19-15-10-6-5-9-14(15)18/h4-11,19-20H,3,12H2,1-2H3. The van der Waals surface area contributed by atoms with Gasteiger partial charge in [0.15, 0.2) is 0 Å². The largest absolute Gasteiger partial charge is 0.494 e. The van der Waals surface area contributed by atoms with E-state index in [0.29, 0.717) is 18.0 Å². The monoisotopic (exact) mass is 289 g/mol. The zero-order chi connectivity index (χ0) is 15.3. The van der Waals surface area contributed by atoms with E-state index < -0.39 is 5.54 Å². The minimum Gasteiger partial charge on any atom is -0.494 e. The molecule has 0 heterocycles. The number of nitrogens with one attached hydrogen (secondary N) is 1. The smallest absolute Gasteiger partial charge is 0.146 e. The van der Waals surface area contributed by atoms with E-state index in [4.69, 9.17) is 4.74 Å². The highest BCUT2D eigenvalue weighted by Crippen LogP contribution is 2.33. The van der Waals surface area contributed by atoms with Crippen molar-refractivity contribution in [1.82, 2.24) is 0 Å². The van der Waals surface area contributed by atoms with Gasteiger partial charge in [-0.1, -0.05) is 30.3 Å². The second kappa shape index (κ2) is 6.59. The van der Waals surface area contributed by atoms with Gasteiger partial charge in [0.05, 0.1) is 24.4 Å². The Hall–Kier alpha value is -2.07. The fourth-order valence-electron chi connectivity index (χ4n) is 2.26. The number of anilines is 1. The first-order valence-corrected chi connectivity index (χ1v) is 6.96. The topological polar surface area (TPSA) is 41.5 Å². The van der Waals surface area contributed by atoms with E-state index in [0.717, 1.165) is 5.56 Å². The number of aliphatic hydroxyl groups excluding tert-OH is 1. The highest BCUT2D eigenvalue weighted by atomic mass is 19.1. The normalized spacial score (nSPS) is 13.5. The molecule has 0 amide bonds. The summed E-state index contributed by atoms with van der Waals surface area (Å²) in [6, 6.07) is 13.9. The van der Waals surface area contributed by atoms with Gasteiger partial charge in [0.1, 0.15) is 11.6 Å². The van der Waals surface area contributed by atoms with Crippen molar-refractivity contribution < 1.29 is 14.2 Å². The maximum absolute atomic E-state index is 13.8. The average molecular weight is 289 g/mol. The molecule has 2 aromatic carbocycles. The summed E-state index contributed by atoms with van der Waals surface area (Å²) < 4.78 is 19.5. The van der Waals surface area contributed by atoms with Crippen LogP contribution in [0.3, 0.4) is 0 Å². The van der Waals surface area contributed by atoms with Crippen LogP contribution in [-0.4, -0.2) is 18.3 Å². The van der Waals surface area contributed by atoms with Crippen molar-refractivity contribution in [1.29, 1.82) is 0 Å². The van der Waals surface area contributed by atoms with E-state index in [1.807, 2.05) is 38.1 Å². The molecule has 112 valence electrons. The molecular formula is C17H20FNO2. The molecular weight excluding hydrogens is 269 g/mol. The van der Waals surface area contributed by atoms with Crippen molar-refractivity contribution in [3.8, 4) is 5.75 Å². The van der Waals surface area contributed by atoms with Crippen LogP contribution >= 0.6 is 0 Å². The third kappa shape index (κ3) is 3.34. The Balaban J connectivity index is 2.39. The van der Waals surface area contributed by atoms with E-state index in [-0.39, 0.29) is 12.4 Å². The zero-order valence-corrected chi connectivity index (χ0v) is 12.3. The van der Waals surface area contributed by atoms with Crippen molar-refractivity contribution in [2.24, 2.45) is 0 Å². The molecule has 3 nitrogen and oxygen atoms in total. The Morgan fingerprint density at radius 1 is 1.14 bits per heavy atom. The lowest BCUT2D eigenvalue weighted by Gasteiger charge is -2.32. The minimum atomic E-state index is -0.839. The number of para-hydroxylation sites is 2.